The van der Waals surface area contributed by atoms with Crippen LogP contribution in [0.5, 0.6) is 0 Å². The molecule has 1 atom stereocenters. The number of aromatic nitrogens is 2. The van der Waals surface area contributed by atoms with Gasteiger partial charge in [0.1, 0.15) is 0 Å². The molecular formula is C15H30BrN5. The number of halogens is 1. The standard InChI is InChI=1S/C15H30BrN5/c1-7-20(8-2)15(3,4)14(17)13-12(16)11-18-21(13)10-9-19(5)6/h11,14H,7-10,17H2,1-6H3. The van der Waals surface area contributed by atoms with Gasteiger partial charge in [0, 0.05) is 12.1 Å². The van der Waals surface area contributed by atoms with Crippen LogP contribution in [0.15, 0.2) is 10.7 Å². The van der Waals surface area contributed by atoms with Crippen molar-refractivity contribution in [2.75, 3.05) is 33.7 Å². The van der Waals surface area contributed by atoms with Gasteiger partial charge in [-0.15, -0.1) is 0 Å². The lowest BCUT2D eigenvalue weighted by Gasteiger charge is -2.42. The summed E-state index contributed by atoms with van der Waals surface area (Å²) in [6.45, 7) is 12.5. The fourth-order valence-electron chi connectivity index (χ4n) is 2.72. The highest BCUT2D eigenvalue weighted by atomic mass is 79.9. The van der Waals surface area contributed by atoms with E-state index in [1.165, 1.54) is 0 Å². The van der Waals surface area contributed by atoms with Crippen LogP contribution in [0, 0.1) is 0 Å². The fourth-order valence-corrected chi connectivity index (χ4v) is 3.27. The van der Waals surface area contributed by atoms with Gasteiger partial charge in [0.25, 0.3) is 0 Å². The molecule has 1 aromatic heterocycles. The van der Waals surface area contributed by atoms with Gasteiger partial charge < -0.3 is 10.6 Å². The zero-order valence-electron chi connectivity index (χ0n) is 14.2. The number of likely N-dealkylation sites (N-methyl/N-ethyl adjacent to an activating group) is 2. The van der Waals surface area contributed by atoms with Gasteiger partial charge in [0.2, 0.25) is 0 Å². The maximum Gasteiger partial charge on any atom is 0.0712 e. The number of rotatable bonds is 8. The van der Waals surface area contributed by atoms with Gasteiger partial charge in [-0.3, -0.25) is 9.58 Å². The summed E-state index contributed by atoms with van der Waals surface area (Å²) >= 11 is 3.61. The van der Waals surface area contributed by atoms with Crippen LogP contribution in [0.4, 0.5) is 0 Å². The number of nitrogens with zero attached hydrogens (tertiary/aromatic N) is 4. The molecule has 0 saturated carbocycles. The second kappa shape index (κ2) is 7.72. The normalized spacial score (nSPS) is 14.2. The average molecular weight is 360 g/mol. The Morgan fingerprint density at radius 2 is 1.90 bits per heavy atom. The Morgan fingerprint density at radius 1 is 1.33 bits per heavy atom. The number of hydrogen-bond acceptors (Lipinski definition) is 4. The van der Waals surface area contributed by atoms with Gasteiger partial charge in [-0.05, 0) is 57.0 Å². The van der Waals surface area contributed by atoms with Crippen molar-refractivity contribution < 1.29 is 0 Å². The van der Waals surface area contributed by atoms with E-state index in [2.05, 4.69) is 72.6 Å². The summed E-state index contributed by atoms with van der Waals surface area (Å²) in [5.41, 5.74) is 7.59. The van der Waals surface area contributed by atoms with E-state index in [0.29, 0.717) is 0 Å². The lowest BCUT2D eigenvalue weighted by atomic mass is 9.90. The molecule has 2 N–H and O–H groups in total. The monoisotopic (exact) mass is 359 g/mol. The van der Waals surface area contributed by atoms with Crippen molar-refractivity contribution in [3.8, 4) is 0 Å². The Bertz CT molecular complexity index is 437. The van der Waals surface area contributed by atoms with Gasteiger partial charge in [0.05, 0.1) is 29.0 Å². The van der Waals surface area contributed by atoms with E-state index in [-0.39, 0.29) is 11.6 Å². The average Bonchev–Trinajstić information content (AvgIpc) is 2.77. The van der Waals surface area contributed by atoms with Crippen molar-refractivity contribution in [2.24, 2.45) is 5.73 Å². The van der Waals surface area contributed by atoms with Crippen LogP contribution in [0.1, 0.15) is 39.4 Å². The highest BCUT2D eigenvalue weighted by Gasteiger charge is 2.35. The molecule has 0 radical (unpaired) electrons. The molecule has 5 nitrogen and oxygen atoms in total. The van der Waals surface area contributed by atoms with E-state index < -0.39 is 0 Å². The summed E-state index contributed by atoms with van der Waals surface area (Å²) in [4.78, 5) is 4.55. The number of nitrogens with two attached hydrogens (primary N) is 1. The van der Waals surface area contributed by atoms with Crippen molar-refractivity contribution >= 4 is 15.9 Å². The Labute approximate surface area is 137 Å². The molecule has 0 aromatic carbocycles. The minimum Gasteiger partial charge on any atom is -0.321 e. The zero-order valence-corrected chi connectivity index (χ0v) is 15.8. The first-order valence-electron chi connectivity index (χ1n) is 7.62. The molecule has 0 spiro atoms. The van der Waals surface area contributed by atoms with Gasteiger partial charge >= 0.3 is 0 Å². The van der Waals surface area contributed by atoms with Crippen LogP contribution in [-0.4, -0.2) is 58.8 Å². The predicted octanol–water partition coefficient (Wildman–Crippen LogP) is 2.33. The Hall–Kier alpha value is -0.430. The molecule has 0 amide bonds. The van der Waals surface area contributed by atoms with Crippen LogP contribution >= 0.6 is 15.9 Å². The van der Waals surface area contributed by atoms with E-state index in [1.54, 1.807) is 0 Å². The molecule has 1 heterocycles. The van der Waals surface area contributed by atoms with Crippen LogP contribution in [0.2, 0.25) is 0 Å². The van der Waals surface area contributed by atoms with Crippen LogP contribution in [-0.2, 0) is 6.54 Å². The van der Waals surface area contributed by atoms with Crippen LogP contribution in [0.25, 0.3) is 0 Å². The number of hydrogen-bond donors (Lipinski definition) is 1. The summed E-state index contributed by atoms with van der Waals surface area (Å²) in [5, 5.41) is 4.48. The van der Waals surface area contributed by atoms with Gasteiger partial charge in [0.15, 0.2) is 0 Å². The lowest BCUT2D eigenvalue weighted by Crippen LogP contribution is -2.51. The molecule has 21 heavy (non-hydrogen) atoms. The Kier molecular flexibility index (Phi) is 6.84. The smallest absolute Gasteiger partial charge is 0.0712 e. The molecule has 0 fully saturated rings. The van der Waals surface area contributed by atoms with Gasteiger partial charge in [-0.1, -0.05) is 13.8 Å². The second-order valence-corrected chi connectivity index (χ2v) is 7.06. The van der Waals surface area contributed by atoms with E-state index in [9.17, 15) is 0 Å². The van der Waals surface area contributed by atoms with Crippen molar-refractivity contribution in [3.63, 3.8) is 0 Å². The van der Waals surface area contributed by atoms with Gasteiger partial charge in [-0.25, -0.2) is 0 Å². The summed E-state index contributed by atoms with van der Waals surface area (Å²) in [6, 6.07) is -0.101. The molecule has 1 aromatic rings. The Balaban J connectivity index is 3.05. The maximum atomic E-state index is 6.63. The van der Waals surface area contributed by atoms with Crippen LogP contribution in [0.3, 0.4) is 0 Å². The minimum atomic E-state index is -0.123. The molecule has 1 rings (SSSR count). The molecule has 0 aliphatic heterocycles. The fraction of sp³-hybridized carbons (Fsp3) is 0.800. The maximum absolute atomic E-state index is 6.63. The highest BCUT2D eigenvalue weighted by Crippen LogP contribution is 2.33. The van der Waals surface area contributed by atoms with E-state index in [0.717, 1.165) is 36.3 Å². The van der Waals surface area contributed by atoms with Crippen molar-refractivity contribution in [2.45, 2.75) is 45.8 Å². The summed E-state index contributed by atoms with van der Waals surface area (Å²) in [7, 11) is 4.13. The highest BCUT2D eigenvalue weighted by molar-refractivity contribution is 9.10. The van der Waals surface area contributed by atoms with E-state index in [1.807, 2.05) is 10.9 Å². The lowest BCUT2D eigenvalue weighted by molar-refractivity contribution is 0.103. The second-order valence-electron chi connectivity index (χ2n) is 6.21. The van der Waals surface area contributed by atoms with Crippen LogP contribution < -0.4 is 5.73 Å². The SMILES string of the molecule is CCN(CC)C(C)(C)C(N)c1c(Br)cnn1CCN(C)C. The predicted molar refractivity (Wildman–Crippen MR) is 92.4 cm³/mol. The molecule has 0 aliphatic carbocycles. The molecule has 0 bridgehead atoms. The molecule has 122 valence electrons. The van der Waals surface area contributed by atoms with Gasteiger partial charge in [-0.2, -0.15) is 5.10 Å². The third-order valence-electron chi connectivity index (χ3n) is 4.23. The van der Waals surface area contributed by atoms with E-state index >= 15 is 0 Å². The third kappa shape index (κ3) is 4.28. The summed E-state index contributed by atoms with van der Waals surface area (Å²) in [5.74, 6) is 0. The molecule has 6 heteroatoms. The first-order valence-corrected chi connectivity index (χ1v) is 8.41. The van der Waals surface area contributed by atoms with Crippen molar-refractivity contribution in [1.82, 2.24) is 19.6 Å². The minimum absolute atomic E-state index is 0.101. The van der Waals surface area contributed by atoms with Crippen molar-refractivity contribution in [1.29, 1.82) is 0 Å². The summed E-state index contributed by atoms with van der Waals surface area (Å²) < 4.78 is 3.02. The Morgan fingerprint density at radius 3 is 2.38 bits per heavy atom. The molecule has 1 unspecified atom stereocenters. The molecular weight excluding hydrogens is 330 g/mol. The largest absolute Gasteiger partial charge is 0.321 e. The van der Waals surface area contributed by atoms with E-state index in [4.69, 9.17) is 5.73 Å². The topological polar surface area (TPSA) is 50.3 Å². The first kappa shape index (κ1) is 18.6. The zero-order chi connectivity index (χ0) is 16.2. The summed E-state index contributed by atoms with van der Waals surface area (Å²) in [6.07, 6.45) is 1.85. The first-order chi connectivity index (χ1) is 9.75. The quantitative estimate of drug-likeness (QED) is 0.773. The molecule has 0 saturated heterocycles. The third-order valence-corrected chi connectivity index (χ3v) is 4.84. The van der Waals surface area contributed by atoms with Crippen molar-refractivity contribution in [3.05, 3.63) is 16.4 Å². The molecule has 0 aliphatic rings.